The Morgan fingerprint density at radius 3 is 2.48 bits per heavy atom. The summed E-state index contributed by atoms with van der Waals surface area (Å²) in [6.45, 7) is 3.67. The maximum absolute atomic E-state index is 13.0. The van der Waals surface area contributed by atoms with Gasteiger partial charge in [-0.15, -0.1) is 0 Å². The van der Waals surface area contributed by atoms with Crippen molar-refractivity contribution < 1.29 is 13.2 Å². The molecule has 0 spiro atoms. The monoisotopic (exact) mass is 406 g/mol. The summed E-state index contributed by atoms with van der Waals surface area (Å²) in [4.78, 5) is 15.6. The van der Waals surface area contributed by atoms with Crippen molar-refractivity contribution in [2.24, 2.45) is 0 Å². The van der Waals surface area contributed by atoms with Crippen LogP contribution in [-0.2, 0) is 6.18 Å². The molecule has 2 aromatic rings. The number of pyridine rings is 1. The normalized spacial score (nSPS) is 18.7. The summed E-state index contributed by atoms with van der Waals surface area (Å²) in [5, 5.41) is 6.32. The summed E-state index contributed by atoms with van der Waals surface area (Å²) >= 11 is 0. The summed E-state index contributed by atoms with van der Waals surface area (Å²) in [5.41, 5.74) is 0.204. The van der Waals surface area contributed by atoms with Crippen LogP contribution >= 0.6 is 0 Å². The van der Waals surface area contributed by atoms with Crippen LogP contribution in [0, 0.1) is 0 Å². The van der Waals surface area contributed by atoms with Crippen molar-refractivity contribution >= 4 is 17.6 Å². The van der Waals surface area contributed by atoms with E-state index in [0.717, 1.165) is 75.9 Å². The fourth-order valence-corrected chi connectivity index (χ4v) is 3.89. The maximum atomic E-state index is 13.0. The van der Waals surface area contributed by atoms with E-state index in [2.05, 4.69) is 25.5 Å². The fourth-order valence-electron chi connectivity index (χ4n) is 3.89. The van der Waals surface area contributed by atoms with Crippen LogP contribution in [0.1, 0.15) is 49.3 Å². The minimum atomic E-state index is -4.41. The molecule has 0 amide bonds. The van der Waals surface area contributed by atoms with Gasteiger partial charge in [-0.25, -0.2) is 9.97 Å². The molecule has 0 saturated carbocycles. The molecule has 2 aromatic heterocycles. The van der Waals surface area contributed by atoms with Crippen LogP contribution in [0.5, 0.6) is 0 Å². The minimum absolute atomic E-state index is 0.124. The van der Waals surface area contributed by atoms with Crippen molar-refractivity contribution in [1.29, 1.82) is 0 Å². The number of nitrogens with zero attached hydrogens (tertiary/aromatic N) is 4. The molecule has 0 radical (unpaired) electrons. The van der Waals surface area contributed by atoms with E-state index >= 15 is 0 Å². The third-order valence-corrected chi connectivity index (χ3v) is 5.47. The van der Waals surface area contributed by atoms with E-state index in [1.165, 1.54) is 6.42 Å². The number of nitrogens with one attached hydrogen (secondary N) is 2. The van der Waals surface area contributed by atoms with E-state index in [0.29, 0.717) is 17.7 Å². The molecule has 4 rings (SSSR count). The Morgan fingerprint density at radius 2 is 1.76 bits per heavy atom. The smallest absolute Gasteiger partial charge is 0.341 e. The second-order valence-corrected chi connectivity index (χ2v) is 7.60. The van der Waals surface area contributed by atoms with Gasteiger partial charge in [-0.2, -0.15) is 18.2 Å². The van der Waals surface area contributed by atoms with Gasteiger partial charge in [-0.05, 0) is 57.3 Å². The van der Waals surface area contributed by atoms with Crippen molar-refractivity contribution in [3.05, 3.63) is 35.7 Å². The van der Waals surface area contributed by atoms with Crippen molar-refractivity contribution in [3.8, 4) is 0 Å². The van der Waals surface area contributed by atoms with Gasteiger partial charge in [0, 0.05) is 31.3 Å². The first-order valence-corrected chi connectivity index (χ1v) is 10.1. The second-order valence-electron chi connectivity index (χ2n) is 7.60. The molecule has 2 saturated heterocycles. The molecule has 6 nitrogen and oxygen atoms in total. The standard InChI is InChI=1S/C20H25F3N6/c21-20(22,23)15-6-9-25-17(12-15)27-18-13-16(14-4-7-24-8-5-14)26-19(28-18)29-10-2-1-3-11-29/h6,9,12-14,24H,1-5,7-8,10-11H2,(H,25,26,27,28). The highest BCUT2D eigenvalue weighted by atomic mass is 19.4. The highest BCUT2D eigenvalue weighted by molar-refractivity contribution is 5.55. The summed E-state index contributed by atoms with van der Waals surface area (Å²) in [5.74, 6) is 1.58. The highest BCUT2D eigenvalue weighted by Crippen LogP contribution is 2.32. The number of piperidine rings is 2. The van der Waals surface area contributed by atoms with E-state index in [9.17, 15) is 13.2 Å². The minimum Gasteiger partial charge on any atom is -0.341 e. The number of aromatic nitrogens is 3. The van der Waals surface area contributed by atoms with E-state index in [1.807, 2.05) is 6.07 Å². The van der Waals surface area contributed by atoms with E-state index in [1.54, 1.807) is 0 Å². The molecule has 2 aliphatic heterocycles. The van der Waals surface area contributed by atoms with Crippen LogP contribution in [0.3, 0.4) is 0 Å². The fraction of sp³-hybridized carbons (Fsp3) is 0.550. The number of alkyl halides is 3. The van der Waals surface area contributed by atoms with Gasteiger partial charge in [-0.3, -0.25) is 0 Å². The van der Waals surface area contributed by atoms with Gasteiger partial charge in [0.2, 0.25) is 5.95 Å². The first-order valence-electron chi connectivity index (χ1n) is 10.1. The van der Waals surface area contributed by atoms with Gasteiger partial charge >= 0.3 is 6.18 Å². The topological polar surface area (TPSA) is 66.0 Å². The molecule has 0 aromatic carbocycles. The SMILES string of the molecule is FC(F)(F)c1ccnc(Nc2cc(C3CCNCC3)nc(N3CCCCC3)n2)c1. The van der Waals surface area contributed by atoms with Crippen LogP contribution in [0.4, 0.5) is 30.8 Å². The molecule has 0 aliphatic carbocycles. The third-order valence-electron chi connectivity index (χ3n) is 5.47. The van der Waals surface area contributed by atoms with Crippen LogP contribution in [-0.4, -0.2) is 41.1 Å². The Labute approximate surface area is 168 Å². The molecule has 9 heteroatoms. The van der Waals surface area contributed by atoms with Gasteiger partial charge in [0.25, 0.3) is 0 Å². The second kappa shape index (κ2) is 8.52. The zero-order valence-electron chi connectivity index (χ0n) is 16.2. The van der Waals surface area contributed by atoms with E-state index in [-0.39, 0.29) is 5.82 Å². The lowest BCUT2D eigenvalue weighted by atomic mass is 9.94. The van der Waals surface area contributed by atoms with E-state index < -0.39 is 11.7 Å². The predicted molar refractivity (Wildman–Crippen MR) is 105 cm³/mol. The third kappa shape index (κ3) is 4.95. The molecule has 2 aliphatic rings. The Hall–Kier alpha value is -2.42. The zero-order chi connectivity index (χ0) is 20.3. The van der Waals surface area contributed by atoms with Crippen molar-refractivity contribution in [2.45, 2.75) is 44.2 Å². The molecule has 2 N–H and O–H groups in total. The summed E-state index contributed by atoms with van der Waals surface area (Å²) in [7, 11) is 0. The summed E-state index contributed by atoms with van der Waals surface area (Å²) < 4.78 is 39.1. The molecule has 156 valence electrons. The molecule has 2 fully saturated rings. The lowest BCUT2D eigenvalue weighted by Gasteiger charge is -2.29. The van der Waals surface area contributed by atoms with Crippen LogP contribution in [0.15, 0.2) is 24.4 Å². The van der Waals surface area contributed by atoms with Gasteiger partial charge < -0.3 is 15.5 Å². The van der Waals surface area contributed by atoms with Gasteiger partial charge in [0.1, 0.15) is 11.6 Å². The number of anilines is 3. The first kappa shape index (κ1) is 19.9. The number of rotatable bonds is 4. The number of halogens is 3. The molecule has 0 atom stereocenters. The van der Waals surface area contributed by atoms with Crippen LogP contribution in [0.25, 0.3) is 0 Å². The van der Waals surface area contributed by atoms with E-state index in [4.69, 9.17) is 4.98 Å². The first-order chi connectivity index (χ1) is 14.0. The Morgan fingerprint density at radius 1 is 1.00 bits per heavy atom. The molecular formula is C20H25F3N6. The average Bonchev–Trinajstić information content (AvgIpc) is 2.74. The van der Waals surface area contributed by atoms with Gasteiger partial charge in [-0.1, -0.05) is 0 Å². The highest BCUT2D eigenvalue weighted by Gasteiger charge is 2.31. The quantitative estimate of drug-likeness (QED) is 0.797. The Balaban J connectivity index is 1.64. The summed E-state index contributed by atoms with van der Waals surface area (Å²) in [6, 6.07) is 3.82. The van der Waals surface area contributed by atoms with Crippen LogP contribution < -0.4 is 15.5 Å². The molecule has 0 unspecified atom stereocenters. The van der Waals surface area contributed by atoms with Gasteiger partial charge in [0.05, 0.1) is 11.3 Å². The Bertz CT molecular complexity index is 793. The van der Waals surface area contributed by atoms with Crippen molar-refractivity contribution in [2.75, 3.05) is 36.4 Å². The lowest BCUT2D eigenvalue weighted by Crippen LogP contribution is -2.32. The van der Waals surface area contributed by atoms with Crippen molar-refractivity contribution in [3.63, 3.8) is 0 Å². The molecular weight excluding hydrogens is 381 g/mol. The van der Waals surface area contributed by atoms with Gasteiger partial charge in [0.15, 0.2) is 0 Å². The summed E-state index contributed by atoms with van der Waals surface area (Å²) in [6.07, 6.45) is 2.10. The maximum Gasteiger partial charge on any atom is 0.416 e. The average molecular weight is 406 g/mol. The largest absolute Gasteiger partial charge is 0.416 e. The number of hydrogen-bond acceptors (Lipinski definition) is 6. The predicted octanol–water partition coefficient (Wildman–Crippen LogP) is 4.09. The molecule has 29 heavy (non-hydrogen) atoms. The molecule has 4 heterocycles. The zero-order valence-corrected chi connectivity index (χ0v) is 16.2. The Kier molecular flexibility index (Phi) is 5.84. The molecule has 0 bridgehead atoms. The van der Waals surface area contributed by atoms with Crippen molar-refractivity contribution in [1.82, 2.24) is 20.3 Å². The van der Waals surface area contributed by atoms with Crippen LogP contribution in [0.2, 0.25) is 0 Å². The number of hydrogen-bond donors (Lipinski definition) is 2. The lowest BCUT2D eigenvalue weighted by molar-refractivity contribution is -0.137.